The second kappa shape index (κ2) is 23.3. The van der Waals surface area contributed by atoms with Crippen LogP contribution >= 0.6 is 34.0 Å². The van der Waals surface area contributed by atoms with Crippen molar-refractivity contribution in [2.75, 3.05) is 0 Å². The van der Waals surface area contributed by atoms with E-state index in [1.165, 1.54) is 174 Å². The Kier molecular flexibility index (Phi) is 14.4. The molecule has 6 aromatic heterocycles. The average molecular weight is 1220 g/mol. The first-order chi connectivity index (χ1) is 44.0. The molecular formula is C83H78N3S3+3. The van der Waals surface area contributed by atoms with Gasteiger partial charge in [-0.3, -0.25) is 0 Å². The van der Waals surface area contributed by atoms with Crippen LogP contribution in [-0.4, -0.2) is 0 Å². The van der Waals surface area contributed by atoms with E-state index < -0.39 is 11.8 Å². The molecule has 0 N–H and O–H groups in total. The molecule has 2 saturated carbocycles. The van der Waals surface area contributed by atoms with Crippen molar-refractivity contribution in [1.82, 2.24) is 0 Å². The summed E-state index contributed by atoms with van der Waals surface area (Å²) in [5, 5.41) is 15.7. The van der Waals surface area contributed by atoms with Crippen molar-refractivity contribution >= 4 is 127 Å². The predicted octanol–water partition coefficient (Wildman–Crippen LogP) is 22.8. The molecule has 2 aliphatic rings. The Morgan fingerprint density at radius 3 is 1.20 bits per heavy atom. The van der Waals surface area contributed by atoms with E-state index in [-0.39, 0.29) is 0 Å². The van der Waals surface area contributed by atoms with Crippen LogP contribution in [0.1, 0.15) is 114 Å². The molecule has 2 aliphatic carbocycles. The summed E-state index contributed by atoms with van der Waals surface area (Å²) < 4.78 is 33.1. The van der Waals surface area contributed by atoms with E-state index in [2.05, 4.69) is 276 Å². The zero-order valence-corrected chi connectivity index (χ0v) is 55.0. The minimum atomic E-state index is -0.449. The summed E-state index contributed by atoms with van der Waals surface area (Å²) >= 11 is 5.68. The van der Waals surface area contributed by atoms with E-state index in [9.17, 15) is 1.37 Å². The van der Waals surface area contributed by atoms with Crippen LogP contribution in [0.5, 0.6) is 0 Å². The monoisotopic (exact) mass is 1210 g/mol. The minimum Gasteiger partial charge on any atom is -0.200 e. The third-order valence-electron chi connectivity index (χ3n) is 19.8. The number of pyridine rings is 3. The van der Waals surface area contributed by atoms with Crippen molar-refractivity contribution < 1.29 is 16.4 Å². The van der Waals surface area contributed by atoms with E-state index in [0.717, 1.165) is 38.5 Å². The SMILES string of the molecule is Cc1ccccc1-c1cc2sc3cc4ccccc4cc3c2c[n+]1C.[2H]C1(c2ccc3c(ccc4c5c[n+](C)c(-c6ccccc6C)cc5sc34)c2)CCC(C)(C)CC1.[2H]C1(c2ccc3c(ccc4c5c[n+](C)c(-c6ccccc6C)cc5sc34)c2)CCCCC1. The van der Waals surface area contributed by atoms with Crippen molar-refractivity contribution in [2.24, 2.45) is 26.6 Å². The first-order valence-corrected chi connectivity index (χ1v) is 34.4. The molecule has 0 unspecified atom stereocenters. The summed E-state index contributed by atoms with van der Waals surface area (Å²) in [6, 6.07) is 68.8. The first kappa shape index (κ1) is 55.0. The third-order valence-corrected chi connectivity index (χ3v) is 23.3. The summed E-state index contributed by atoms with van der Waals surface area (Å²) in [5.74, 6) is -0.854. The van der Waals surface area contributed by atoms with Crippen LogP contribution in [0, 0.1) is 26.2 Å². The molecule has 2 fully saturated rings. The highest BCUT2D eigenvalue weighted by molar-refractivity contribution is 7.27. The van der Waals surface area contributed by atoms with Gasteiger partial charge in [0.05, 0.1) is 16.2 Å². The van der Waals surface area contributed by atoms with Crippen molar-refractivity contribution in [1.29, 1.82) is 0 Å². The number of rotatable bonds is 5. The fourth-order valence-electron chi connectivity index (χ4n) is 14.5. The summed E-state index contributed by atoms with van der Waals surface area (Å²) in [5.41, 5.74) is 14.3. The van der Waals surface area contributed by atoms with E-state index in [4.69, 9.17) is 1.37 Å². The van der Waals surface area contributed by atoms with E-state index in [1.807, 2.05) is 34.0 Å². The zero-order chi connectivity index (χ0) is 62.5. The molecule has 6 heteroatoms. The van der Waals surface area contributed by atoms with E-state index in [0.29, 0.717) is 5.41 Å². The maximum atomic E-state index is 9.21. The zero-order valence-electron chi connectivity index (χ0n) is 54.6. The van der Waals surface area contributed by atoms with Crippen molar-refractivity contribution in [3.63, 3.8) is 0 Å². The molecule has 3 nitrogen and oxygen atoms in total. The van der Waals surface area contributed by atoms with Crippen molar-refractivity contribution in [3.8, 4) is 33.8 Å². The molecule has 9 aromatic carbocycles. The Labute approximate surface area is 538 Å². The summed E-state index contributed by atoms with van der Waals surface area (Å²) in [7, 11) is 6.44. The molecule has 0 atom stereocenters. The molecule has 17 rings (SSSR count). The number of aryl methyl sites for hydroxylation is 6. The maximum absolute atomic E-state index is 9.21. The maximum Gasteiger partial charge on any atom is 0.213 e. The molecule has 440 valence electrons. The van der Waals surface area contributed by atoms with E-state index >= 15 is 0 Å². The van der Waals surface area contributed by atoms with Gasteiger partial charge in [-0.05, 0) is 167 Å². The van der Waals surface area contributed by atoms with Gasteiger partial charge < -0.3 is 0 Å². The molecular weight excluding hydrogens is 1140 g/mol. The molecule has 89 heavy (non-hydrogen) atoms. The average Bonchev–Trinajstić information content (AvgIpc) is 1.68. The van der Waals surface area contributed by atoms with Crippen LogP contribution in [0.3, 0.4) is 0 Å². The Morgan fingerprint density at radius 1 is 0.360 bits per heavy atom. The molecule has 0 spiro atoms. The highest BCUT2D eigenvalue weighted by Gasteiger charge is 2.28. The number of hydrogen-bond donors (Lipinski definition) is 0. The van der Waals surface area contributed by atoms with Gasteiger partial charge in [-0.25, -0.2) is 13.7 Å². The lowest BCUT2D eigenvalue weighted by atomic mass is 9.71. The highest BCUT2D eigenvalue weighted by atomic mass is 32.1. The molecule has 0 aliphatic heterocycles. The highest BCUT2D eigenvalue weighted by Crippen LogP contribution is 2.46. The van der Waals surface area contributed by atoms with E-state index in [1.54, 1.807) is 0 Å². The van der Waals surface area contributed by atoms with Gasteiger partial charge in [0.1, 0.15) is 21.1 Å². The first-order valence-electron chi connectivity index (χ1n) is 33.0. The summed E-state index contributed by atoms with van der Waals surface area (Å²) in [6.45, 7) is 11.2. The number of nitrogens with zero attached hydrogens (tertiary/aromatic N) is 3. The third kappa shape index (κ3) is 10.8. The lowest BCUT2D eigenvalue weighted by Crippen LogP contribution is -2.30. The number of aromatic nitrogens is 3. The summed E-state index contributed by atoms with van der Waals surface area (Å²) in [6.07, 6.45) is 16.6. The largest absolute Gasteiger partial charge is 0.213 e. The van der Waals surface area contributed by atoms with Gasteiger partial charge in [-0.2, -0.15) is 0 Å². The lowest BCUT2D eigenvalue weighted by molar-refractivity contribution is -0.659. The molecule has 6 heterocycles. The van der Waals surface area contributed by atoms with Gasteiger partial charge in [0.25, 0.3) is 0 Å². The Balaban J connectivity index is 0.000000115. The minimum absolute atomic E-state index is 0.373. The van der Waals surface area contributed by atoms with Crippen LogP contribution < -0.4 is 13.7 Å². The number of thiophene rings is 3. The van der Waals surface area contributed by atoms with Gasteiger partial charge >= 0.3 is 0 Å². The number of hydrogen-bond acceptors (Lipinski definition) is 3. The molecule has 0 amide bonds. The predicted molar refractivity (Wildman–Crippen MR) is 385 cm³/mol. The van der Waals surface area contributed by atoms with Gasteiger partial charge in [0.2, 0.25) is 17.1 Å². The van der Waals surface area contributed by atoms with Gasteiger partial charge in [0.15, 0.2) is 18.6 Å². The molecule has 0 bridgehead atoms. The van der Waals surface area contributed by atoms with Crippen LogP contribution in [0.2, 0.25) is 0 Å². The van der Waals surface area contributed by atoms with Crippen molar-refractivity contribution in [3.05, 3.63) is 234 Å². The Bertz CT molecular complexity index is 5380. The number of benzene rings is 9. The van der Waals surface area contributed by atoms with Crippen LogP contribution in [0.4, 0.5) is 0 Å². The fraction of sp³-hybridized carbons (Fsp3) is 0.241. The second-order valence-corrected chi connectivity index (χ2v) is 29.5. The lowest BCUT2D eigenvalue weighted by Gasteiger charge is -2.34. The molecule has 0 saturated heterocycles. The van der Waals surface area contributed by atoms with Gasteiger partial charge in [-0.15, -0.1) is 34.0 Å². The normalized spacial score (nSPS) is 15.8. The summed E-state index contributed by atoms with van der Waals surface area (Å²) in [4.78, 5) is 0. The Morgan fingerprint density at radius 2 is 0.742 bits per heavy atom. The van der Waals surface area contributed by atoms with Crippen LogP contribution in [0.25, 0.3) is 127 Å². The van der Waals surface area contributed by atoms with Crippen LogP contribution in [0.15, 0.2) is 207 Å². The van der Waals surface area contributed by atoms with Gasteiger partial charge in [0, 0.05) is 82.0 Å². The quantitative estimate of drug-likeness (QED) is 0.152. The smallest absolute Gasteiger partial charge is 0.200 e. The Hall–Kier alpha value is -8.13. The van der Waals surface area contributed by atoms with Crippen LogP contribution in [-0.2, 0) is 21.1 Å². The number of fused-ring (bicyclic) bond motifs is 14. The van der Waals surface area contributed by atoms with Crippen molar-refractivity contribution in [2.45, 2.75) is 104 Å². The standard InChI is InChI=1S/C31H32NS.C29H28NS.C23H18NS/c1-20-7-5-6-8-24(20)28-18-29-27(19-32(28)4)26-12-10-23-17-22(9-11-25(23)30(26)33-29)21-13-15-31(2,3)16-14-21;1-19-8-6-7-11-23(19)27-17-28-26(18-30(27)2)25-15-13-22-16-21(20-9-4-3-5-10-20)12-14-24(22)29(25)31-28;1-15-7-3-6-10-18(15)21-13-23-20(14-24(21)2)19-11-16-8-4-5-9-17(16)12-22(19)25-23/h5-12,17-19,21H,13-16H2,1-4H3;6-8,11-18,20H,3-5,9-10H2,1-2H3;3-14H,1-2H3/q3*+1/i21D;20D;. The fourth-order valence-corrected chi connectivity index (χ4v) is 18.1. The van der Waals surface area contributed by atoms with Gasteiger partial charge in [-0.1, -0.05) is 173 Å². The molecule has 15 aromatic rings. The second-order valence-electron chi connectivity index (χ2n) is 26.3. The topological polar surface area (TPSA) is 11.6 Å². The molecule has 0 radical (unpaired) electrons.